The molecule has 0 bridgehead atoms. The maximum absolute atomic E-state index is 14.0. The van der Waals surface area contributed by atoms with Crippen LogP contribution < -0.4 is 4.90 Å². The Hall–Kier alpha value is -2.33. The summed E-state index contributed by atoms with van der Waals surface area (Å²) in [5.74, 6) is 5.80. The lowest BCUT2D eigenvalue weighted by atomic mass is 9.81. The Morgan fingerprint density at radius 3 is 2.18 bits per heavy atom. The Labute approximate surface area is 209 Å². The molecular weight excluding hydrogens is 448 g/mol. The van der Waals surface area contributed by atoms with E-state index in [-0.39, 0.29) is 29.1 Å². The number of hydrogen-bond donors (Lipinski definition) is 0. The highest BCUT2D eigenvalue weighted by molar-refractivity contribution is 7.15. The molecule has 1 atom stereocenters. The number of carbonyl (C=O) groups excluding carboxylic acids is 3. The van der Waals surface area contributed by atoms with E-state index in [1.165, 1.54) is 23.3 Å². The molecule has 2 rings (SSSR count). The zero-order valence-electron chi connectivity index (χ0n) is 22.2. The van der Waals surface area contributed by atoms with E-state index < -0.39 is 12.0 Å². The van der Waals surface area contributed by atoms with Gasteiger partial charge in [-0.25, -0.2) is 4.79 Å². The highest BCUT2D eigenvalue weighted by Crippen LogP contribution is 2.38. The average Bonchev–Trinajstić information content (AvgIpc) is 3.18. The second kappa shape index (κ2) is 11.4. The zero-order valence-corrected chi connectivity index (χ0v) is 23.0. The molecule has 1 aromatic rings. The van der Waals surface area contributed by atoms with Crippen molar-refractivity contribution in [3.63, 3.8) is 0 Å². The molecule has 0 radical (unpaired) electrons. The highest BCUT2D eigenvalue weighted by atomic mass is 32.1. The van der Waals surface area contributed by atoms with E-state index in [9.17, 15) is 14.4 Å². The van der Waals surface area contributed by atoms with Crippen LogP contribution >= 0.6 is 11.3 Å². The molecule has 1 heterocycles. The molecule has 0 aromatic carbocycles. The lowest BCUT2D eigenvalue weighted by Crippen LogP contribution is -2.54. The first-order valence-corrected chi connectivity index (χ1v) is 12.9. The molecule has 2 amide bonds. The first-order chi connectivity index (χ1) is 15.8. The minimum atomic E-state index is -0.733. The van der Waals surface area contributed by atoms with Gasteiger partial charge in [0.05, 0.1) is 17.7 Å². The van der Waals surface area contributed by atoms with Crippen molar-refractivity contribution in [2.45, 2.75) is 73.3 Å². The first-order valence-electron chi connectivity index (χ1n) is 12.1. The number of rotatable bonds is 6. The maximum atomic E-state index is 14.0. The van der Waals surface area contributed by atoms with Gasteiger partial charge in [0.25, 0.3) is 0 Å². The smallest absolute Gasteiger partial charge is 0.350 e. The van der Waals surface area contributed by atoms with Gasteiger partial charge in [-0.3, -0.25) is 14.5 Å². The molecule has 1 saturated carbocycles. The summed E-state index contributed by atoms with van der Waals surface area (Å²) in [7, 11) is 4.71. The number of nitrogens with zero attached hydrogens (tertiary/aromatic N) is 2. The molecule has 0 N–H and O–H groups in total. The number of anilines is 1. The lowest BCUT2D eigenvalue weighted by Gasteiger charge is -2.38. The van der Waals surface area contributed by atoms with Crippen molar-refractivity contribution in [1.82, 2.24) is 4.90 Å². The summed E-state index contributed by atoms with van der Waals surface area (Å²) in [6.45, 7) is 12.1. The van der Waals surface area contributed by atoms with E-state index >= 15 is 0 Å². The quantitative estimate of drug-likeness (QED) is 0.408. The number of hydrogen-bond acceptors (Lipinski definition) is 5. The van der Waals surface area contributed by atoms with Gasteiger partial charge in [0.15, 0.2) is 0 Å². The highest BCUT2D eigenvalue weighted by Gasteiger charge is 2.40. The van der Waals surface area contributed by atoms with Crippen LogP contribution in [-0.2, 0) is 14.3 Å². The summed E-state index contributed by atoms with van der Waals surface area (Å²) in [5.41, 5.74) is 0.207. The van der Waals surface area contributed by atoms with Crippen molar-refractivity contribution in [3.05, 3.63) is 15.8 Å². The molecule has 1 aliphatic rings. The van der Waals surface area contributed by atoms with Crippen molar-refractivity contribution in [2.75, 3.05) is 26.1 Å². The van der Waals surface area contributed by atoms with Crippen molar-refractivity contribution in [3.8, 4) is 11.8 Å². The summed E-state index contributed by atoms with van der Waals surface area (Å²) >= 11 is 1.21. The molecule has 0 saturated heterocycles. The van der Waals surface area contributed by atoms with Gasteiger partial charge in [-0.15, -0.1) is 11.3 Å². The number of carbonyl (C=O) groups is 3. The topological polar surface area (TPSA) is 66.9 Å². The normalized spacial score (nSPS) is 19.1. The molecule has 1 fully saturated rings. The zero-order chi connectivity index (χ0) is 25.8. The maximum Gasteiger partial charge on any atom is 0.350 e. The molecule has 6 nitrogen and oxygen atoms in total. The number of thiophene rings is 1. The summed E-state index contributed by atoms with van der Waals surface area (Å²) in [5, 5.41) is 0. The second-order valence-electron chi connectivity index (χ2n) is 10.9. The largest absolute Gasteiger partial charge is 0.465 e. The fourth-order valence-electron chi connectivity index (χ4n) is 4.18. The molecule has 0 spiro atoms. The fraction of sp³-hybridized carbons (Fsp3) is 0.667. The molecule has 1 unspecified atom stereocenters. The van der Waals surface area contributed by atoms with Crippen LogP contribution in [-0.4, -0.2) is 49.9 Å². The number of esters is 1. The van der Waals surface area contributed by atoms with Crippen molar-refractivity contribution in [2.24, 2.45) is 23.2 Å². The van der Waals surface area contributed by atoms with E-state index in [4.69, 9.17) is 4.74 Å². The van der Waals surface area contributed by atoms with Crippen LogP contribution in [0.2, 0.25) is 0 Å². The monoisotopic (exact) mass is 488 g/mol. The lowest BCUT2D eigenvalue weighted by molar-refractivity contribution is -0.134. The summed E-state index contributed by atoms with van der Waals surface area (Å²) in [4.78, 5) is 44.2. The van der Waals surface area contributed by atoms with E-state index in [0.717, 1.165) is 25.7 Å². The molecule has 1 aromatic heterocycles. The molecule has 188 valence electrons. The van der Waals surface area contributed by atoms with Gasteiger partial charge < -0.3 is 9.64 Å². The van der Waals surface area contributed by atoms with Crippen LogP contribution in [0.5, 0.6) is 0 Å². The molecule has 34 heavy (non-hydrogen) atoms. The van der Waals surface area contributed by atoms with Crippen LogP contribution in [0.1, 0.15) is 81.8 Å². The molecular formula is C27H40N2O4S. The van der Waals surface area contributed by atoms with E-state index in [2.05, 4.69) is 18.8 Å². The Balaban J connectivity index is 2.70. The second-order valence-corrected chi connectivity index (χ2v) is 12.0. The van der Waals surface area contributed by atoms with Crippen LogP contribution in [0.25, 0.3) is 0 Å². The minimum absolute atomic E-state index is 0.0981. The van der Waals surface area contributed by atoms with Gasteiger partial charge >= 0.3 is 5.97 Å². The summed E-state index contributed by atoms with van der Waals surface area (Å²) < 4.78 is 5.06. The predicted molar refractivity (Wildman–Crippen MR) is 138 cm³/mol. The third-order valence-electron chi connectivity index (χ3n) is 6.11. The van der Waals surface area contributed by atoms with Gasteiger partial charge in [0.2, 0.25) is 11.8 Å². The van der Waals surface area contributed by atoms with Gasteiger partial charge in [-0.1, -0.05) is 32.6 Å². The van der Waals surface area contributed by atoms with Crippen LogP contribution in [0.3, 0.4) is 0 Å². The summed E-state index contributed by atoms with van der Waals surface area (Å²) in [6, 6.07) is 1.04. The number of likely N-dealkylation sites (N-methyl/N-ethyl adjacent to an activating group) is 1. The van der Waals surface area contributed by atoms with Crippen molar-refractivity contribution >= 4 is 34.8 Å². The Morgan fingerprint density at radius 2 is 1.71 bits per heavy atom. The average molecular weight is 489 g/mol. The van der Waals surface area contributed by atoms with Crippen LogP contribution in [0.4, 0.5) is 5.69 Å². The van der Waals surface area contributed by atoms with Gasteiger partial charge in [-0.05, 0) is 64.4 Å². The van der Waals surface area contributed by atoms with Gasteiger partial charge in [0.1, 0.15) is 10.9 Å². The van der Waals surface area contributed by atoms with E-state index in [1.54, 1.807) is 25.1 Å². The minimum Gasteiger partial charge on any atom is -0.465 e. The molecule has 1 aliphatic carbocycles. The van der Waals surface area contributed by atoms with Crippen LogP contribution in [0, 0.1) is 35.0 Å². The molecule has 7 heteroatoms. The van der Waals surface area contributed by atoms with Crippen LogP contribution in [0.15, 0.2) is 6.07 Å². The Morgan fingerprint density at radius 1 is 1.12 bits per heavy atom. The SMILES string of the molecule is COC(=O)c1sc(C#CC(C)(C)C)cc1N(C(=O)C1CCC(C)CC1)C(C(=O)N(C)C)C(C)C. The van der Waals surface area contributed by atoms with E-state index in [1.807, 2.05) is 34.6 Å². The third-order valence-corrected chi connectivity index (χ3v) is 7.13. The third kappa shape index (κ3) is 6.85. The Kier molecular flexibility index (Phi) is 9.36. The predicted octanol–water partition coefficient (Wildman–Crippen LogP) is 5.20. The standard InChI is InChI=1S/C27H40N2O4S/c1-17(2)22(25(31)28(7)8)29(24(30)19-12-10-18(3)11-13-19)21-16-20(14-15-27(4,5)6)34-23(21)26(32)33-9/h16-19,22H,10-13H2,1-9H3. The van der Waals surface area contributed by atoms with Gasteiger partial charge in [0, 0.05) is 25.4 Å². The van der Waals surface area contributed by atoms with Crippen molar-refractivity contribution < 1.29 is 19.1 Å². The summed E-state index contributed by atoms with van der Waals surface area (Å²) in [6.07, 6.45) is 3.53. The van der Waals surface area contributed by atoms with E-state index in [0.29, 0.717) is 21.4 Å². The van der Waals surface area contributed by atoms with Gasteiger partial charge in [-0.2, -0.15) is 0 Å². The Bertz CT molecular complexity index is 953. The molecule has 0 aliphatic heterocycles. The number of methoxy groups -OCH3 is 1. The number of ether oxygens (including phenoxy) is 1. The first kappa shape index (κ1) is 27.9. The van der Waals surface area contributed by atoms with Crippen molar-refractivity contribution in [1.29, 1.82) is 0 Å². The fourth-order valence-corrected chi connectivity index (χ4v) is 5.10. The number of amides is 2.